The number of rotatable bonds is 9. The summed E-state index contributed by atoms with van der Waals surface area (Å²) in [6.07, 6.45) is 0. The van der Waals surface area contributed by atoms with Crippen LogP contribution in [0.2, 0.25) is 0 Å². The first-order valence-electron chi connectivity index (χ1n) is 4.81. The molecule has 0 rings (SSSR count). The van der Waals surface area contributed by atoms with E-state index in [-0.39, 0.29) is 36.1 Å². The lowest BCUT2D eigenvalue weighted by Gasteiger charge is -2.18. The minimum atomic E-state index is -3.76. The monoisotopic (exact) mass is 326 g/mol. The van der Waals surface area contributed by atoms with E-state index < -0.39 is 7.82 Å². The number of ether oxygens (including phenoxy) is 1. The Morgan fingerprint density at radius 2 is 1.71 bits per heavy atom. The van der Waals surface area contributed by atoms with E-state index in [0.29, 0.717) is 0 Å². The molecule has 17 heavy (non-hydrogen) atoms. The molecular weight excluding hydrogens is 313 g/mol. The Bertz CT molecular complexity index is 283. The zero-order valence-electron chi connectivity index (χ0n) is 9.45. The van der Waals surface area contributed by atoms with E-state index in [1.165, 1.54) is 0 Å². The van der Waals surface area contributed by atoms with Gasteiger partial charge >= 0.3 is 13.8 Å². The van der Waals surface area contributed by atoms with E-state index in [0.717, 1.165) is 0 Å². The van der Waals surface area contributed by atoms with Crippen molar-refractivity contribution in [1.29, 1.82) is 0 Å². The van der Waals surface area contributed by atoms with Crippen molar-refractivity contribution in [3.8, 4) is 0 Å². The second-order valence-electron chi connectivity index (χ2n) is 2.46. The van der Waals surface area contributed by atoms with Crippen LogP contribution in [-0.2, 0) is 22.9 Å². The van der Waals surface area contributed by atoms with E-state index in [2.05, 4.69) is 0 Å². The van der Waals surface area contributed by atoms with Crippen LogP contribution < -0.4 is 0 Å². The van der Waals surface area contributed by atoms with Crippen molar-refractivity contribution >= 4 is 42.6 Å². The summed E-state index contributed by atoms with van der Waals surface area (Å²) in [7, 11) is -3.76. The average Bonchev–Trinajstić information content (AvgIpc) is 2.24. The molecule has 9 heteroatoms. The average molecular weight is 328 g/mol. The van der Waals surface area contributed by atoms with Gasteiger partial charge in [-0.25, -0.2) is 4.57 Å². The van der Waals surface area contributed by atoms with Crippen LogP contribution in [0.5, 0.6) is 0 Å². The van der Waals surface area contributed by atoms with Gasteiger partial charge in [-0.3, -0.25) is 9.05 Å². The highest BCUT2D eigenvalue weighted by atomic mass is 35.5. The summed E-state index contributed by atoms with van der Waals surface area (Å²) >= 11 is 16.4. The Kier molecular flexibility index (Phi) is 9.51. The van der Waals surface area contributed by atoms with Crippen LogP contribution in [0, 0.1) is 0 Å². The van der Waals surface area contributed by atoms with Gasteiger partial charge in [-0.15, -0.1) is 11.6 Å². The number of hydrogen-bond acceptors (Lipinski definition) is 5. The molecule has 0 atom stereocenters. The molecule has 0 aliphatic heterocycles. The standard InChI is InChI=1S/C8H14Cl3O5P/c1-3-14-17(12,15-4-2)16-8(7(10)11)13-6-5-9/h3-6H2,1-2H3. The van der Waals surface area contributed by atoms with Crippen molar-refractivity contribution in [2.45, 2.75) is 13.8 Å². The van der Waals surface area contributed by atoms with Gasteiger partial charge in [0.2, 0.25) is 0 Å². The topological polar surface area (TPSA) is 54.0 Å². The summed E-state index contributed by atoms with van der Waals surface area (Å²) in [5.74, 6) is -0.138. The van der Waals surface area contributed by atoms with Crippen molar-refractivity contribution in [3.63, 3.8) is 0 Å². The molecule has 0 radical (unpaired) electrons. The Morgan fingerprint density at radius 3 is 2.06 bits per heavy atom. The first kappa shape index (κ1) is 17.4. The molecule has 0 aromatic carbocycles. The molecule has 0 unspecified atom stereocenters. The molecule has 0 saturated carbocycles. The molecule has 0 aliphatic carbocycles. The van der Waals surface area contributed by atoms with Crippen LogP contribution in [-0.4, -0.2) is 25.7 Å². The second kappa shape index (κ2) is 9.31. The van der Waals surface area contributed by atoms with Crippen molar-refractivity contribution in [3.05, 3.63) is 10.4 Å². The fourth-order valence-corrected chi connectivity index (χ4v) is 2.28. The fourth-order valence-electron chi connectivity index (χ4n) is 0.754. The van der Waals surface area contributed by atoms with Gasteiger partial charge in [0.05, 0.1) is 19.1 Å². The quantitative estimate of drug-likeness (QED) is 0.363. The number of alkyl halides is 1. The predicted molar refractivity (Wildman–Crippen MR) is 67.3 cm³/mol. The number of hydrogen-bond donors (Lipinski definition) is 0. The Hall–Kier alpha value is 0.360. The predicted octanol–water partition coefficient (Wildman–Crippen LogP) is 4.04. The van der Waals surface area contributed by atoms with Gasteiger partial charge in [0.25, 0.3) is 0 Å². The molecule has 0 aliphatic rings. The van der Waals surface area contributed by atoms with Crippen molar-refractivity contribution in [2.75, 3.05) is 25.7 Å². The molecule has 0 heterocycles. The van der Waals surface area contributed by atoms with Crippen LogP contribution in [0.25, 0.3) is 0 Å². The van der Waals surface area contributed by atoms with E-state index in [4.69, 9.17) is 53.1 Å². The summed E-state index contributed by atoms with van der Waals surface area (Å²) in [4.78, 5) is 0. The molecule has 0 amide bonds. The first-order valence-corrected chi connectivity index (χ1v) is 7.57. The lowest BCUT2D eigenvalue weighted by molar-refractivity contribution is 0.0670. The maximum atomic E-state index is 12.0. The summed E-state index contributed by atoms with van der Waals surface area (Å²) in [6, 6.07) is 0. The van der Waals surface area contributed by atoms with Gasteiger partial charge in [-0.1, -0.05) is 23.2 Å². The third-order valence-electron chi connectivity index (χ3n) is 1.23. The molecule has 0 fully saturated rings. The highest BCUT2D eigenvalue weighted by molar-refractivity contribution is 7.48. The summed E-state index contributed by atoms with van der Waals surface area (Å²) in [5, 5.41) is 0. The molecule has 0 bridgehead atoms. The smallest absolute Gasteiger partial charge is 0.462 e. The normalized spacial score (nSPS) is 11.1. The highest BCUT2D eigenvalue weighted by Crippen LogP contribution is 2.52. The van der Waals surface area contributed by atoms with E-state index in [1.807, 2.05) is 0 Å². The molecule has 0 aromatic heterocycles. The molecule has 102 valence electrons. The van der Waals surface area contributed by atoms with Gasteiger partial charge in [0.15, 0.2) is 4.49 Å². The minimum absolute atomic E-state index is 0.0953. The maximum absolute atomic E-state index is 12.0. The zero-order valence-corrected chi connectivity index (χ0v) is 12.6. The van der Waals surface area contributed by atoms with E-state index >= 15 is 0 Å². The lowest BCUT2D eigenvalue weighted by atomic mass is 10.8. The fraction of sp³-hybridized carbons (Fsp3) is 0.750. The van der Waals surface area contributed by atoms with Crippen LogP contribution in [0.3, 0.4) is 0 Å². The number of halogens is 3. The van der Waals surface area contributed by atoms with Crippen LogP contribution in [0.1, 0.15) is 13.8 Å². The van der Waals surface area contributed by atoms with Gasteiger partial charge in [-0.2, -0.15) is 0 Å². The van der Waals surface area contributed by atoms with Crippen LogP contribution >= 0.6 is 42.6 Å². The van der Waals surface area contributed by atoms with Gasteiger partial charge in [0, 0.05) is 0 Å². The van der Waals surface area contributed by atoms with Crippen molar-refractivity contribution in [2.24, 2.45) is 0 Å². The van der Waals surface area contributed by atoms with E-state index in [9.17, 15) is 4.57 Å². The Balaban J connectivity index is 4.69. The molecule has 5 nitrogen and oxygen atoms in total. The van der Waals surface area contributed by atoms with Crippen LogP contribution in [0.4, 0.5) is 0 Å². The zero-order chi connectivity index (χ0) is 13.3. The maximum Gasteiger partial charge on any atom is 0.532 e. The molecule has 0 spiro atoms. The minimum Gasteiger partial charge on any atom is -0.462 e. The summed E-state index contributed by atoms with van der Waals surface area (Å²) in [6.45, 7) is 3.65. The Morgan fingerprint density at radius 1 is 1.18 bits per heavy atom. The largest absolute Gasteiger partial charge is 0.532 e. The van der Waals surface area contributed by atoms with Crippen molar-refractivity contribution < 1.29 is 22.9 Å². The molecule has 0 saturated heterocycles. The SMILES string of the molecule is CCOP(=O)(OCC)OC(OCCCl)=C(Cl)Cl. The first-order chi connectivity index (χ1) is 7.99. The molecule has 0 aromatic rings. The number of phosphoric ester groups is 1. The summed E-state index contributed by atoms with van der Waals surface area (Å²) in [5.41, 5.74) is 0. The van der Waals surface area contributed by atoms with Crippen LogP contribution in [0.15, 0.2) is 10.4 Å². The second-order valence-corrected chi connectivity index (χ2v) is 5.38. The van der Waals surface area contributed by atoms with Gasteiger partial charge in [-0.05, 0) is 13.8 Å². The van der Waals surface area contributed by atoms with Crippen molar-refractivity contribution in [1.82, 2.24) is 0 Å². The van der Waals surface area contributed by atoms with Gasteiger partial charge < -0.3 is 9.26 Å². The third-order valence-corrected chi connectivity index (χ3v) is 3.23. The van der Waals surface area contributed by atoms with Gasteiger partial charge in [0.1, 0.15) is 6.61 Å². The Labute approximate surface area is 116 Å². The molecular formula is C8H14Cl3O5P. The third kappa shape index (κ3) is 7.39. The lowest BCUT2D eigenvalue weighted by Crippen LogP contribution is -2.05. The highest BCUT2D eigenvalue weighted by Gasteiger charge is 2.30. The summed E-state index contributed by atoms with van der Waals surface area (Å²) < 4.78 is 31.3. The molecule has 0 N–H and O–H groups in total. The number of phosphoric acid groups is 1. The van der Waals surface area contributed by atoms with E-state index in [1.54, 1.807) is 13.8 Å².